The molecule has 1 fully saturated rings. The second kappa shape index (κ2) is 6.81. The maximum atomic E-state index is 11.9. The topological polar surface area (TPSA) is 84.2 Å². The Morgan fingerprint density at radius 1 is 1.53 bits per heavy atom. The molecule has 4 N–H and O–H groups in total. The van der Waals surface area contributed by atoms with Crippen molar-refractivity contribution in [2.24, 2.45) is 5.73 Å². The lowest BCUT2D eigenvalue weighted by Crippen LogP contribution is -2.57. The zero-order valence-corrected chi connectivity index (χ0v) is 11.2. The number of nitrogens with one attached hydrogen (secondary N) is 2. The van der Waals surface area contributed by atoms with Gasteiger partial charge < -0.3 is 16.4 Å². The Morgan fingerprint density at radius 3 is 2.47 bits per heavy atom. The summed E-state index contributed by atoms with van der Waals surface area (Å²) in [5.41, 5.74) is 5.37. The van der Waals surface area contributed by atoms with Gasteiger partial charge in [0.2, 0.25) is 11.8 Å². The molecular formula is C11H22ClN3O2. The number of hydrogen-bond acceptors (Lipinski definition) is 3. The highest BCUT2D eigenvalue weighted by Crippen LogP contribution is 2.15. The first kappa shape index (κ1) is 16.2. The lowest BCUT2D eigenvalue weighted by Gasteiger charge is -2.32. The van der Waals surface area contributed by atoms with E-state index in [2.05, 4.69) is 10.6 Å². The molecule has 2 amide bonds. The van der Waals surface area contributed by atoms with E-state index in [0.717, 1.165) is 12.8 Å². The highest BCUT2D eigenvalue weighted by Gasteiger charge is 2.32. The van der Waals surface area contributed by atoms with Crippen LogP contribution in [0.3, 0.4) is 0 Å². The van der Waals surface area contributed by atoms with Gasteiger partial charge in [0.25, 0.3) is 0 Å². The summed E-state index contributed by atoms with van der Waals surface area (Å²) >= 11 is 0. The van der Waals surface area contributed by atoms with E-state index in [9.17, 15) is 9.59 Å². The summed E-state index contributed by atoms with van der Waals surface area (Å²) in [7, 11) is 0. The van der Waals surface area contributed by atoms with Crippen molar-refractivity contribution in [3.8, 4) is 0 Å². The molecule has 17 heavy (non-hydrogen) atoms. The van der Waals surface area contributed by atoms with Crippen LogP contribution in [0.4, 0.5) is 0 Å². The normalized spacial score (nSPS) is 19.5. The molecule has 1 saturated heterocycles. The molecule has 0 bridgehead atoms. The number of carbonyl (C=O) groups is 2. The summed E-state index contributed by atoms with van der Waals surface area (Å²) in [6.07, 6.45) is 2.61. The third-order valence-electron chi connectivity index (χ3n) is 3.44. The minimum Gasteiger partial charge on any atom is -0.348 e. The summed E-state index contributed by atoms with van der Waals surface area (Å²) < 4.78 is 0. The number of amides is 2. The number of nitrogens with two attached hydrogens (primary N) is 1. The van der Waals surface area contributed by atoms with Crippen molar-refractivity contribution in [1.82, 2.24) is 10.6 Å². The van der Waals surface area contributed by atoms with Gasteiger partial charge >= 0.3 is 0 Å². The Bertz CT molecular complexity index is 272. The molecule has 0 aromatic rings. The van der Waals surface area contributed by atoms with Gasteiger partial charge in [-0.2, -0.15) is 0 Å². The van der Waals surface area contributed by atoms with Gasteiger partial charge in [-0.15, -0.1) is 12.4 Å². The highest BCUT2D eigenvalue weighted by molar-refractivity contribution is 5.91. The minimum absolute atomic E-state index is 0. The van der Waals surface area contributed by atoms with Crippen LogP contribution in [0, 0.1) is 0 Å². The summed E-state index contributed by atoms with van der Waals surface area (Å²) in [6.45, 7) is 4.43. The molecule has 1 rings (SSSR count). The zero-order chi connectivity index (χ0) is 12.2. The second-order valence-electron chi connectivity index (χ2n) is 4.34. The van der Waals surface area contributed by atoms with Gasteiger partial charge in [-0.05, 0) is 19.3 Å². The molecule has 1 aliphatic heterocycles. The average molecular weight is 264 g/mol. The van der Waals surface area contributed by atoms with E-state index < -0.39 is 0 Å². The Balaban J connectivity index is 0.00000256. The van der Waals surface area contributed by atoms with E-state index in [1.807, 2.05) is 13.8 Å². The van der Waals surface area contributed by atoms with Crippen LogP contribution >= 0.6 is 12.4 Å². The van der Waals surface area contributed by atoms with E-state index in [1.54, 1.807) is 0 Å². The van der Waals surface area contributed by atoms with Crippen LogP contribution in [0.1, 0.15) is 39.5 Å². The van der Waals surface area contributed by atoms with Crippen LogP contribution in [0.15, 0.2) is 0 Å². The van der Waals surface area contributed by atoms with E-state index in [1.165, 1.54) is 0 Å². The van der Waals surface area contributed by atoms with Crippen molar-refractivity contribution in [1.29, 1.82) is 0 Å². The fourth-order valence-corrected chi connectivity index (χ4v) is 1.93. The van der Waals surface area contributed by atoms with Crippen molar-refractivity contribution in [3.63, 3.8) is 0 Å². The fraction of sp³-hybridized carbons (Fsp3) is 0.818. The van der Waals surface area contributed by atoms with Crippen LogP contribution in [0.2, 0.25) is 0 Å². The molecule has 0 aromatic heterocycles. The van der Waals surface area contributed by atoms with Crippen LogP contribution in [0.25, 0.3) is 0 Å². The SMILES string of the molecule is CCC(CC)(CN)NC(=O)[C@@H]1CCC(=O)N1.Cl. The number of hydrogen-bond donors (Lipinski definition) is 3. The first-order chi connectivity index (χ1) is 7.56. The van der Waals surface area contributed by atoms with Crippen molar-refractivity contribution >= 4 is 24.2 Å². The molecule has 0 aliphatic carbocycles. The van der Waals surface area contributed by atoms with E-state index in [4.69, 9.17) is 5.73 Å². The molecule has 1 heterocycles. The molecule has 1 atom stereocenters. The molecule has 0 aromatic carbocycles. The summed E-state index contributed by atoms with van der Waals surface area (Å²) in [6, 6.07) is -0.378. The number of halogens is 1. The van der Waals surface area contributed by atoms with E-state index >= 15 is 0 Å². The molecule has 1 aliphatic rings. The molecule has 5 nitrogen and oxygen atoms in total. The lowest BCUT2D eigenvalue weighted by molar-refractivity contribution is -0.127. The van der Waals surface area contributed by atoms with Gasteiger partial charge in [0.05, 0.1) is 5.54 Å². The molecule has 0 unspecified atom stereocenters. The van der Waals surface area contributed by atoms with Crippen LogP contribution in [-0.2, 0) is 9.59 Å². The standard InChI is InChI=1S/C11H21N3O2.ClH/c1-3-11(4-2,7-12)14-10(16)8-5-6-9(15)13-8;/h8H,3-7,12H2,1-2H3,(H,13,15)(H,14,16);1H/t8-;/m0./s1. The molecular weight excluding hydrogens is 242 g/mol. The van der Waals surface area contributed by atoms with Crippen LogP contribution in [0.5, 0.6) is 0 Å². The summed E-state index contributed by atoms with van der Waals surface area (Å²) in [5, 5.41) is 5.62. The van der Waals surface area contributed by atoms with Crippen molar-refractivity contribution in [3.05, 3.63) is 0 Å². The van der Waals surface area contributed by atoms with E-state index in [-0.39, 0.29) is 35.8 Å². The third-order valence-corrected chi connectivity index (χ3v) is 3.44. The molecule has 0 spiro atoms. The zero-order valence-electron chi connectivity index (χ0n) is 10.4. The van der Waals surface area contributed by atoms with Gasteiger partial charge in [0.1, 0.15) is 6.04 Å². The van der Waals surface area contributed by atoms with Crippen LogP contribution in [-0.4, -0.2) is 29.9 Å². The van der Waals surface area contributed by atoms with Gasteiger partial charge in [-0.25, -0.2) is 0 Å². The third kappa shape index (κ3) is 3.85. The Morgan fingerprint density at radius 2 is 2.12 bits per heavy atom. The van der Waals surface area contributed by atoms with Crippen molar-refractivity contribution in [2.75, 3.05) is 6.54 Å². The number of rotatable bonds is 5. The Kier molecular flexibility index (Phi) is 6.49. The number of carbonyl (C=O) groups excluding carboxylic acids is 2. The molecule has 0 saturated carbocycles. The maximum Gasteiger partial charge on any atom is 0.243 e. The maximum absolute atomic E-state index is 11.9. The minimum atomic E-state index is -0.378. The quantitative estimate of drug-likeness (QED) is 0.668. The molecule has 100 valence electrons. The highest BCUT2D eigenvalue weighted by atomic mass is 35.5. The van der Waals surface area contributed by atoms with Crippen molar-refractivity contribution in [2.45, 2.75) is 51.1 Å². The monoisotopic (exact) mass is 263 g/mol. The van der Waals surface area contributed by atoms with Gasteiger partial charge in [-0.1, -0.05) is 13.8 Å². The van der Waals surface area contributed by atoms with Crippen molar-refractivity contribution < 1.29 is 9.59 Å². The largest absolute Gasteiger partial charge is 0.348 e. The Labute approximate surface area is 108 Å². The second-order valence-corrected chi connectivity index (χ2v) is 4.34. The summed E-state index contributed by atoms with van der Waals surface area (Å²) in [4.78, 5) is 22.9. The van der Waals surface area contributed by atoms with Gasteiger partial charge in [-0.3, -0.25) is 9.59 Å². The van der Waals surface area contributed by atoms with Crippen LogP contribution < -0.4 is 16.4 Å². The average Bonchev–Trinajstić information content (AvgIpc) is 2.73. The van der Waals surface area contributed by atoms with E-state index in [0.29, 0.717) is 19.4 Å². The molecule has 0 radical (unpaired) electrons. The summed E-state index contributed by atoms with van der Waals surface area (Å²) in [5.74, 6) is -0.161. The predicted octanol–water partition coefficient (Wildman–Crippen LogP) is 0.321. The fourth-order valence-electron chi connectivity index (χ4n) is 1.93. The predicted molar refractivity (Wildman–Crippen MR) is 68.9 cm³/mol. The van der Waals surface area contributed by atoms with Gasteiger partial charge in [0, 0.05) is 13.0 Å². The first-order valence-electron chi connectivity index (χ1n) is 5.88. The first-order valence-corrected chi connectivity index (χ1v) is 5.88. The smallest absolute Gasteiger partial charge is 0.243 e. The van der Waals surface area contributed by atoms with Gasteiger partial charge in [0.15, 0.2) is 0 Å². The Hall–Kier alpha value is -0.810. The lowest BCUT2D eigenvalue weighted by atomic mass is 9.92. The molecule has 6 heteroatoms.